The van der Waals surface area contributed by atoms with E-state index in [0.717, 1.165) is 11.8 Å². The normalized spacial score (nSPS) is 38.1. The zero-order chi connectivity index (χ0) is 10.0. The molecule has 2 aliphatic heterocycles. The quantitative estimate of drug-likeness (QED) is 0.522. The highest BCUT2D eigenvalue weighted by molar-refractivity contribution is 4.68. The van der Waals surface area contributed by atoms with Gasteiger partial charge in [0.1, 0.15) is 0 Å². The van der Waals surface area contributed by atoms with Gasteiger partial charge in [-0.15, -0.1) is 0 Å². The summed E-state index contributed by atoms with van der Waals surface area (Å²) in [5, 5.41) is 0. The number of hydrogen-bond donors (Lipinski definition) is 0. The topological polar surface area (TPSA) is 0 Å². The molecule has 2 rings (SSSR count). The van der Waals surface area contributed by atoms with Crippen molar-refractivity contribution in [2.75, 3.05) is 26.2 Å². The lowest BCUT2D eigenvalue weighted by Crippen LogP contribution is -2.52. The van der Waals surface area contributed by atoms with Crippen molar-refractivity contribution < 1.29 is 4.48 Å². The minimum Gasteiger partial charge on any atom is -0.324 e. The molecule has 0 saturated carbocycles. The van der Waals surface area contributed by atoms with Crippen molar-refractivity contribution >= 4 is 0 Å². The molecule has 0 aromatic heterocycles. The SMILES string of the molecule is CC1CC[N+]2(CCCCC2)CCC1C. The molecular weight excluding hydrogens is 170 g/mol. The van der Waals surface area contributed by atoms with E-state index < -0.39 is 0 Å². The zero-order valence-electron chi connectivity index (χ0n) is 9.97. The molecule has 2 aliphatic rings. The molecule has 82 valence electrons. The third kappa shape index (κ3) is 2.13. The number of piperidine rings is 1. The van der Waals surface area contributed by atoms with Crippen LogP contribution < -0.4 is 0 Å². The summed E-state index contributed by atoms with van der Waals surface area (Å²) in [5.41, 5.74) is 0. The standard InChI is InChI=1S/C13H26N/c1-12-6-10-14(11-7-13(12)2)8-4-3-5-9-14/h12-13H,3-11H2,1-2H3/q+1. The average molecular weight is 196 g/mol. The smallest absolute Gasteiger partial charge is 0.0789 e. The summed E-state index contributed by atoms with van der Waals surface area (Å²) in [6.45, 7) is 10.8. The lowest BCUT2D eigenvalue weighted by atomic mass is 9.92. The molecule has 2 unspecified atom stereocenters. The van der Waals surface area contributed by atoms with E-state index in [0.29, 0.717) is 0 Å². The lowest BCUT2D eigenvalue weighted by molar-refractivity contribution is -0.932. The van der Waals surface area contributed by atoms with Crippen LogP contribution >= 0.6 is 0 Å². The van der Waals surface area contributed by atoms with E-state index in [-0.39, 0.29) is 0 Å². The van der Waals surface area contributed by atoms with Gasteiger partial charge in [-0.05, 0) is 43.9 Å². The molecule has 2 heterocycles. The van der Waals surface area contributed by atoms with Crippen LogP contribution in [0.1, 0.15) is 46.0 Å². The Morgan fingerprint density at radius 1 is 0.714 bits per heavy atom. The van der Waals surface area contributed by atoms with Crippen LogP contribution in [-0.4, -0.2) is 30.7 Å². The second-order valence-electron chi connectivity index (χ2n) is 5.83. The molecule has 2 fully saturated rings. The summed E-state index contributed by atoms with van der Waals surface area (Å²) in [7, 11) is 0. The Kier molecular flexibility index (Phi) is 3.16. The molecule has 0 aromatic carbocycles. The molecule has 0 amide bonds. The van der Waals surface area contributed by atoms with Crippen molar-refractivity contribution in [2.45, 2.75) is 46.0 Å². The molecule has 14 heavy (non-hydrogen) atoms. The third-order valence-electron chi connectivity index (χ3n) is 4.85. The van der Waals surface area contributed by atoms with Gasteiger partial charge in [0, 0.05) is 0 Å². The first-order valence-corrected chi connectivity index (χ1v) is 6.57. The van der Waals surface area contributed by atoms with Crippen molar-refractivity contribution in [1.82, 2.24) is 0 Å². The number of rotatable bonds is 0. The summed E-state index contributed by atoms with van der Waals surface area (Å²) >= 11 is 0. The minimum absolute atomic E-state index is 0.967. The second kappa shape index (κ2) is 4.22. The van der Waals surface area contributed by atoms with Gasteiger partial charge in [-0.2, -0.15) is 0 Å². The van der Waals surface area contributed by atoms with Crippen molar-refractivity contribution in [3.8, 4) is 0 Å². The van der Waals surface area contributed by atoms with E-state index in [1.165, 1.54) is 62.8 Å². The minimum atomic E-state index is 0.967. The molecule has 1 heteroatoms. The van der Waals surface area contributed by atoms with Crippen molar-refractivity contribution in [3.63, 3.8) is 0 Å². The summed E-state index contributed by atoms with van der Waals surface area (Å²) in [5.74, 6) is 1.93. The molecule has 0 N–H and O–H groups in total. The molecule has 2 saturated heterocycles. The van der Waals surface area contributed by atoms with Crippen LogP contribution in [0.5, 0.6) is 0 Å². The van der Waals surface area contributed by atoms with Crippen LogP contribution in [0.15, 0.2) is 0 Å². The van der Waals surface area contributed by atoms with Crippen molar-refractivity contribution in [1.29, 1.82) is 0 Å². The first-order chi connectivity index (χ1) is 6.72. The molecule has 1 nitrogen and oxygen atoms in total. The van der Waals surface area contributed by atoms with E-state index in [1.54, 1.807) is 0 Å². The van der Waals surface area contributed by atoms with E-state index in [4.69, 9.17) is 0 Å². The molecule has 2 atom stereocenters. The van der Waals surface area contributed by atoms with Crippen LogP contribution in [-0.2, 0) is 0 Å². The Morgan fingerprint density at radius 3 is 1.71 bits per heavy atom. The summed E-state index contributed by atoms with van der Waals surface area (Å²) in [6, 6.07) is 0. The monoisotopic (exact) mass is 196 g/mol. The summed E-state index contributed by atoms with van der Waals surface area (Å²) in [6.07, 6.45) is 7.42. The van der Waals surface area contributed by atoms with Gasteiger partial charge in [0.2, 0.25) is 0 Å². The van der Waals surface area contributed by atoms with Gasteiger partial charge >= 0.3 is 0 Å². The van der Waals surface area contributed by atoms with Gasteiger partial charge in [-0.3, -0.25) is 0 Å². The van der Waals surface area contributed by atoms with Gasteiger partial charge in [0.25, 0.3) is 0 Å². The van der Waals surface area contributed by atoms with Crippen LogP contribution in [0.3, 0.4) is 0 Å². The molecule has 0 aromatic rings. The Balaban J connectivity index is 1.99. The van der Waals surface area contributed by atoms with Gasteiger partial charge in [-0.1, -0.05) is 13.8 Å². The van der Waals surface area contributed by atoms with Gasteiger partial charge in [-0.25, -0.2) is 0 Å². The molecule has 0 aliphatic carbocycles. The van der Waals surface area contributed by atoms with E-state index >= 15 is 0 Å². The molecule has 1 spiro atoms. The maximum atomic E-state index is 2.45. The maximum Gasteiger partial charge on any atom is 0.0789 e. The maximum absolute atomic E-state index is 2.45. The van der Waals surface area contributed by atoms with Crippen molar-refractivity contribution in [3.05, 3.63) is 0 Å². The fraction of sp³-hybridized carbons (Fsp3) is 1.00. The first kappa shape index (κ1) is 10.5. The van der Waals surface area contributed by atoms with Crippen LogP contribution in [0.2, 0.25) is 0 Å². The number of nitrogens with zero attached hydrogens (tertiary/aromatic N) is 1. The van der Waals surface area contributed by atoms with E-state index in [1.807, 2.05) is 0 Å². The Labute approximate surface area is 89.1 Å². The summed E-state index contributed by atoms with van der Waals surface area (Å²) in [4.78, 5) is 0. The molecular formula is C13H26N+. The second-order valence-corrected chi connectivity index (χ2v) is 5.83. The van der Waals surface area contributed by atoms with Gasteiger partial charge in [0.15, 0.2) is 0 Å². The van der Waals surface area contributed by atoms with Gasteiger partial charge < -0.3 is 4.48 Å². The predicted molar refractivity (Wildman–Crippen MR) is 61.1 cm³/mol. The summed E-state index contributed by atoms with van der Waals surface area (Å²) < 4.78 is 1.48. The number of quaternary nitrogens is 1. The highest BCUT2D eigenvalue weighted by atomic mass is 15.4. The highest BCUT2D eigenvalue weighted by Crippen LogP contribution is 2.30. The Morgan fingerprint density at radius 2 is 1.21 bits per heavy atom. The first-order valence-electron chi connectivity index (χ1n) is 6.57. The van der Waals surface area contributed by atoms with Crippen LogP contribution in [0.4, 0.5) is 0 Å². The molecule has 0 radical (unpaired) electrons. The largest absolute Gasteiger partial charge is 0.324 e. The highest BCUT2D eigenvalue weighted by Gasteiger charge is 2.33. The Hall–Kier alpha value is -0.0400. The zero-order valence-corrected chi connectivity index (χ0v) is 9.97. The fourth-order valence-electron chi connectivity index (χ4n) is 3.27. The fourth-order valence-corrected chi connectivity index (χ4v) is 3.27. The Bertz CT molecular complexity index is 168. The average Bonchev–Trinajstić information content (AvgIpc) is 2.35. The van der Waals surface area contributed by atoms with Gasteiger partial charge in [0.05, 0.1) is 26.2 Å². The molecule has 0 bridgehead atoms. The van der Waals surface area contributed by atoms with Crippen molar-refractivity contribution in [2.24, 2.45) is 11.8 Å². The predicted octanol–water partition coefficient (Wildman–Crippen LogP) is 3.05. The van der Waals surface area contributed by atoms with Crippen LogP contribution in [0.25, 0.3) is 0 Å². The van der Waals surface area contributed by atoms with Crippen LogP contribution in [0, 0.1) is 11.8 Å². The lowest BCUT2D eigenvalue weighted by Gasteiger charge is -2.41. The third-order valence-corrected chi connectivity index (χ3v) is 4.85. The van der Waals surface area contributed by atoms with E-state index in [2.05, 4.69) is 13.8 Å². The number of hydrogen-bond acceptors (Lipinski definition) is 0. The van der Waals surface area contributed by atoms with E-state index in [9.17, 15) is 0 Å².